The van der Waals surface area contributed by atoms with Crippen molar-refractivity contribution in [3.05, 3.63) is 87.1 Å². The normalized spacial score (nSPS) is 17.5. The van der Waals surface area contributed by atoms with Crippen molar-refractivity contribution >= 4 is 63.3 Å². The van der Waals surface area contributed by atoms with Crippen LogP contribution in [0.15, 0.2) is 66.2 Å². The van der Waals surface area contributed by atoms with Crippen LogP contribution in [0.4, 0.5) is 0 Å². The van der Waals surface area contributed by atoms with Crippen molar-refractivity contribution in [3.8, 4) is 21.6 Å². The number of esters is 1. The highest BCUT2D eigenvalue weighted by atomic mass is 32.1. The minimum atomic E-state index is -1.98. The molecule has 1 N–H and O–H groups in total. The number of hydrogen-bond donors (Lipinski definition) is 1. The van der Waals surface area contributed by atoms with Crippen LogP contribution in [0.25, 0.3) is 16.6 Å². The number of hydrogen-bond acceptors (Lipinski definition) is 13. The molecule has 13 heteroatoms. The molecule has 0 amide bonds. The predicted molar refractivity (Wildman–Crippen MR) is 167 cm³/mol. The number of carbonyl (C=O) groups excluding carboxylic acids is 2. The Bertz CT molecular complexity index is 1860. The number of methoxy groups -OCH3 is 2. The molecule has 0 spiro atoms. The third-order valence-corrected chi connectivity index (χ3v) is 9.52. The summed E-state index contributed by atoms with van der Waals surface area (Å²) in [4.78, 5) is 25.0. The number of rotatable bonds is 7. The number of benzene rings is 2. The summed E-state index contributed by atoms with van der Waals surface area (Å²) in [5, 5.41) is 13.5. The van der Waals surface area contributed by atoms with Gasteiger partial charge < -0.3 is 28.8 Å². The average Bonchev–Trinajstić information content (AvgIpc) is 3.82. The number of thiophene rings is 2. The molecule has 2 aromatic carbocycles. The maximum Gasteiger partial charge on any atom is 0.342 e. The van der Waals surface area contributed by atoms with E-state index in [2.05, 4.69) is 8.75 Å². The van der Waals surface area contributed by atoms with Crippen LogP contribution in [-0.4, -0.2) is 53.5 Å². The Kier molecular flexibility index (Phi) is 8.62. The Balaban J connectivity index is 0.000000329. The Morgan fingerprint density at radius 2 is 1.66 bits per heavy atom. The van der Waals surface area contributed by atoms with E-state index >= 15 is 0 Å². The second kappa shape index (κ2) is 12.7. The predicted octanol–water partition coefficient (Wildman–Crippen LogP) is 5.89. The maximum atomic E-state index is 13.3. The molecule has 0 bridgehead atoms. The van der Waals surface area contributed by atoms with E-state index in [4.69, 9.17) is 23.7 Å². The van der Waals surface area contributed by atoms with Crippen molar-refractivity contribution in [1.29, 1.82) is 0 Å². The lowest BCUT2D eigenvalue weighted by atomic mass is 9.89. The van der Waals surface area contributed by atoms with Gasteiger partial charge in [0.1, 0.15) is 11.0 Å². The standard InChI is InChI=1S/C25H20N2O6S2.C6H6O2S/c1-30-22-8-5-16(34-22)13-17-23(14-3-6-18-19(11-14)27-35-26-18)24(28)33-25(17,29)15-4-7-20-21(12-15)32-10-2-9-31-20;1-8-6-3-2-5(4-7)9-6/h3-8,11-12,29H,2,9-10,13H2,1H3;2-4H,1H3. The second-order valence-corrected chi connectivity index (χ2v) is 12.4. The van der Waals surface area contributed by atoms with Gasteiger partial charge in [-0.15, -0.1) is 11.3 Å². The summed E-state index contributed by atoms with van der Waals surface area (Å²) in [6.45, 7) is 1.05. The fraction of sp³-hybridized carbons (Fsp3) is 0.226. The van der Waals surface area contributed by atoms with Gasteiger partial charge in [0, 0.05) is 28.9 Å². The van der Waals surface area contributed by atoms with Crippen LogP contribution in [0.2, 0.25) is 0 Å². The number of fused-ring (bicyclic) bond motifs is 2. The van der Waals surface area contributed by atoms with Crippen LogP contribution in [-0.2, 0) is 21.7 Å². The molecule has 226 valence electrons. The minimum absolute atomic E-state index is 0.285. The van der Waals surface area contributed by atoms with Crippen molar-refractivity contribution in [3.63, 3.8) is 0 Å². The number of aromatic nitrogens is 2. The smallest absolute Gasteiger partial charge is 0.342 e. The Morgan fingerprint density at radius 3 is 2.39 bits per heavy atom. The number of aliphatic hydroxyl groups is 1. The lowest BCUT2D eigenvalue weighted by Crippen LogP contribution is -2.29. The monoisotopic (exact) mass is 650 g/mol. The van der Waals surface area contributed by atoms with Crippen LogP contribution in [0, 0.1) is 0 Å². The fourth-order valence-corrected chi connectivity index (χ4v) is 6.81. The Morgan fingerprint density at radius 1 is 0.909 bits per heavy atom. The number of ether oxygens (including phenoxy) is 5. The lowest BCUT2D eigenvalue weighted by molar-refractivity contribution is -0.185. The van der Waals surface area contributed by atoms with E-state index in [-0.39, 0.29) is 6.42 Å². The van der Waals surface area contributed by atoms with E-state index in [1.165, 1.54) is 22.7 Å². The molecule has 1 atom stereocenters. The van der Waals surface area contributed by atoms with Crippen molar-refractivity contribution in [2.24, 2.45) is 0 Å². The van der Waals surface area contributed by atoms with E-state index in [0.717, 1.165) is 45.0 Å². The first kappa shape index (κ1) is 29.8. The zero-order chi connectivity index (χ0) is 30.7. The molecule has 0 fully saturated rings. The summed E-state index contributed by atoms with van der Waals surface area (Å²) in [6.07, 6.45) is 1.85. The number of carbonyl (C=O) groups is 2. The van der Waals surface area contributed by atoms with Crippen LogP contribution in [0.3, 0.4) is 0 Å². The largest absolute Gasteiger partial charge is 0.490 e. The van der Waals surface area contributed by atoms with Crippen molar-refractivity contribution in [2.45, 2.75) is 18.6 Å². The van der Waals surface area contributed by atoms with Gasteiger partial charge in [0.2, 0.25) is 0 Å². The molecule has 5 aromatic rings. The number of aldehydes is 1. The highest BCUT2D eigenvalue weighted by Gasteiger charge is 2.48. The van der Waals surface area contributed by atoms with E-state index in [0.29, 0.717) is 57.4 Å². The molecule has 0 saturated carbocycles. The van der Waals surface area contributed by atoms with E-state index < -0.39 is 11.8 Å². The van der Waals surface area contributed by atoms with Gasteiger partial charge in [0.15, 0.2) is 27.9 Å². The molecule has 3 aromatic heterocycles. The molecule has 0 radical (unpaired) electrons. The van der Waals surface area contributed by atoms with Gasteiger partial charge in [-0.1, -0.05) is 17.4 Å². The van der Waals surface area contributed by atoms with E-state index in [1.54, 1.807) is 56.7 Å². The summed E-state index contributed by atoms with van der Waals surface area (Å²) in [5.74, 6) is -1.50. The molecule has 0 saturated heterocycles. The molecule has 44 heavy (non-hydrogen) atoms. The molecule has 1 unspecified atom stereocenters. The fourth-order valence-electron chi connectivity index (χ4n) is 4.83. The Hall–Kier alpha value is -4.30. The third-order valence-electron chi connectivity index (χ3n) is 6.95. The van der Waals surface area contributed by atoms with Gasteiger partial charge in [-0.05, 0) is 60.2 Å². The first-order valence-electron chi connectivity index (χ1n) is 13.5. The molecule has 0 aliphatic carbocycles. The minimum Gasteiger partial charge on any atom is -0.490 e. The highest BCUT2D eigenvalue weighted by molar-refractivity contribution is 7.15. The van der Waals surface area contributed by atoms with Crippen molar-refractivity contribution in [2.75, 3.05) is 27.4 Å². The van der Waals surface area contributed by atoms with Crippen LogP contribution < -0.4 is 18.9 Å². The second-order valence-electron chi connectivity index (χ2n) is 9.65. The van der Waals surface area contributed by atoms with Crippen molar-refractivity contribution in [1.82, 2.24) is 8.75 Å². The molecular weight excluding hydrogens is 625 g/mol. The molecular formula is C31H26N2O8S3. The number of nitrogens with zero attached hydrogens (tertiary/aromatic N) is 2. The molecule has 5 heterocycles. The van der Waals surface area contributed by atoms with Crippen molar-refractivity contribution < 1.29 is 38.4 Å². The molecule has 10 nitrogen and oxygen atoms in total. The third kappa shape index (κ3) is 5.91. The summed E-state index contributed by atoms with van der Waals surface area (Å²) in [7, 11) is 3.19. The van der Waals surface area contributed by atoms with Crippen LogP contribution in [0.1, 0.15) is 32.1 Å². The Labute approximate surface area is 264 Å². The van der Waals surface area contributed by atoms with Gasteiger partial charge in [0.25, 0.3) is 5.79 Å². The highest BCUT2D eigenvalue weighted by Crippen LogP contribution is 2.47. The van der Waals surface area contributed by atoms with E-state index in [9.17, 15) is 14.7 Å². The van der Waals surface area contributed by atoms with Crippen LogP contribution >= 0.6 is 34.4 Å². The van der Waals surface area contributed by atoms with Gasteiger partial charge in [-0.25, -0.2) is 4.79 Å². The van der Waals surface area contributed by atoms with Crippen LogP contribution in [0.5, 0.6) is 21.6 Å². The summed E-state index contributed by atoms with van der Waals surface area (Å²) < 4.78 is 36.0. The first-order chi connectivity index (χ1) is 21.4. The topological polar surface area (TPSA) is 126 Å². The summed E-state index contributed by atoms with van der Waals surface area (Å²) in [5.41, 5.74) is 3.16. The molecule has 7 rings (SSSR count). The number of cyclic esters (lactones) is 1. The zero-order valence-corrected chi connectivity index (χ0v) is 26.1. The molecule has 2 aliphatic heterocycles. The summed E-state index contributed by atoms with van der Waals surface area (Å²) >= 11 is 3.89. The average molecular weight is 651 g/mol. The van der Waals surface area contributed by atoms with Gasteiger partial charge in [0.05, 0.1) is 49.6 Å². The van der Waals surface area contributed by atoms with Gasteiger partial charge in [-0.2, -0.15) is 8.75 Å². The maximum absolute atomic E-state index is 13.3. The van der Waals surface area contributed by atoms with Gasteiger partial charge >= 0.3 is 5.97 Å². The SMILES string of the molecule is COc1ccc(C=O)s1.COc1ccc(CC2=C(c3ccc4nsnc4c3)C(=O)OC2(O)c2ccc3c(c2)OCCCO3)s1. The lowest BCUT2D eigenvalue weighted by Gasteiger charge is -2.26. The zero-order valence-electron chi connectivity index (χ0n) is 23.6. The van der Waals surface area contributed by atoms with E-state index in [1.807, 2.05) is 18.2 Å². The first-order valence-corrected chi connectivity index (χ1v) is 15.8. The molecule has 2 aliphatic rings. The summed E-state index contributed by atoms with van der Waals surface area (Å²) in [6, 6.07) is 17.8. The van der Waals surface area contributed by atoms with Gasteiger partial charge in [-0.3, -0.25) is 4.79 Å². The quantitative estimate of drug-likeness (QED) is 0.168.